The summed E-state index contributed by atoms with van der Waals surface area (Å²) in [6, 6.07) is 19.9. The normalized spacial score (nSPS) is 18.7. The number of carbonyl (C=O) groups excluding carboxylic acids is 2. The minimum absolute atomic E-state index is 0.133. The molecule has 0 aromatic heterocycles. The lowest BCUT2D eigenvalue weighted by Gasteiger charge is -2.37. The van der Waals surface area contributed by atoms with Gasteiger partial charge in [0.05, 0.1) is 13.2 Å². The van der Waals surface area contributed by atoms with Crippen molar-refractivity contribution in [1.82, 2.24) is 5.32 Å². The first-order valence-electron chi connectivity index (χ1n) is 11.4. The lowest BCUT2D eigenvalue weighted by Crippen LogP contribution is -2.56. The predicted molar refractivity (Wildman–Crippen MR) is 121 cm³/mol. The number of carbonyl (C=O) groups is 2. The molecule has 3 rings (SSSR count). The first-order valence-corrected chi connectivity index (χ1v) is 11.4. The second-order valence-electron chi connectivity index (χ2n) is 8.22. The number of esters is 1. The molecule has 0 spiro atoms. The van der Waals surface area contributed by atoms with Gasteiger partial charge in [-0.05, 0) is 23.5 Å². The third-order valence-corrected chi connectivity index (χ3v) is 5.83. The van der Waals surface area contributed by atoms with Crippen molar-refractivity contribution < 1.29 is 23.8 Å². The molecule has 0 unspecified atom stereocenters. The summed E-state index contributed by atoms with van der Waals surface area (Å²) in [5.41, 5.74) is 2.16. The molecule has 2 aromatic carbocycles. The van der Waals surface area contributed by atoms with Gasteiger partial charge in [0, 0.05) is 13.0 Å². The van der Waals surface area contributed by atoms with Crippen molar-refractivity contribution in [3.8, 4) is 0 Å². The Morgan fingerprint density at radius 1 is 1.00 bits per heavy atom. The van der Waals surface area contributed by atoms with E-state index in [1.54, 1.807) is 0 Å². The highest BCUT2D eigenvalue weighted by atomic mass is 16.7. The fraction of sp³-hybridized carbons (Fsp3) is 0.462. The van der Waals surface area contributed by atoms with Crippen molar-refractivity contribution in [2.45, 2.75) is 58.7 Å². The van der Waals surface area contributed by atoms with Crippen molar-refractivity contribution in [3.63, 3.8) is 0 Å². The van der Waals surface area contributed by atoms with E-state index in [0.717, 1.165) is 17.5 Å². The van der Waals surface area contributed by atoms with E-state index in [1.165, 1.54) is 0 Å². The average molecular weight is 440 g/mol. The van der Waals surface area contributed by atoms with E-state index in [4.69, 9.17) is 14.2 Å². The third-order valence-electron chi connectivity index (χ3n) is 5.83. The van der Waals surface area contributed by atoms with Gasteiger partial charge < -0.3 is 19.5 Å². The van der Waals surface area contributed by atoms with E-state index in [1.807, 2.05) is 74.5 Å². The van der Waals surface area contributed by atoms with Crippen molar-refractivity contribution >= 4 is 11.9 Å². The van der Waals surface area contributed by atoms with Gasteiger partial charge in [0.1, 0.15) is 5.92 Å². The highest BCUT2D eigenvalue weighted by molar-refractivity contribution is 5.94. The monoisotopic (exact) mass is 439 g/mol. The van der Waals surface area contributed by atoms with Gasteiger partial charge in [-0.1, -0.05) is 80.9 Å². The van der Waals surface area contributed by atoms with Crippen LogP contribution in [0.5, 0.6) is 0 Å². The van der Waals surface area contributed by atoms with Crippen LogP contribution in [0.3, 0.4) is 0 Å². The lowest BCUT2D eigenvalue weighted by molar-refractivity contribution is -0.193. The number of benzene rings is 2. The van der Waals surface area contributed by atoms with Gasteiger partial charge in [0.25, 0.3) is 5.91 Å². The largest absolute Gasteiger partial charge is 0.451 e. The third kappa shape index (κ3) is 6.90. The number of hydrogen-bond acceptors (Lipinski definition) is 5. The quantitative estimate of drug-likeness (QED) is 0.287. The van der Waals surface area contributed by atoms with Crippen LogP contribution in [-0.4, -0.2) is 30.8 Å². The highest BCUT2D eigenvalue weighted by Gasteiger charge is 2.49. The Morgan fingerprint density at radius 2 is 1.56 bits per heavy atom. The van der Waals surface area contributed by atoms with E-state index in [9.17, 15) is 9.59 Å². The van der Waals surface area contributed by atoms with Crippen molar-refractivity contribution in [1.29, 1.82) is 0 Å². The molecule has 6 heteroatoms. The van der Waals surface area contributed by atoms with Gasteiger partial charge in [-0.2, -0.15) is 0 Å². The van der Waals surface area contributed by atoms with Crippen molar-refractivity contribution in [2.75, 3.05) is 6.54 Å². The second kappa shape index (κ2) is 12.4. The fourth-order valence-electron chi connectivity index (χ4n) is 3.65. The standard InChI is InChI=1S/C26H33NO5/c1-3-19(2)23-24(32-26(23)29)25(28)27-16-10-15-22(30-17-20-11-6-4-7-12-20)31-18-21-13-8-5-9-14-21/h4-9,11-14,19,22-24H,3,10,15-18H2,1-2H3,(H,27,28)/t19-,23+,24-/m1/s1. The van der Waals surface area contributed by atoms with Gasteiger partial charge in [0.2, 0.25) is 0 Å². The van der Waals surface area contributed by atoms with Crippen LogP contribution in [0.15, 0.2) is 60.7 Å². The summed E-state index contributed by atoms with van der Waals surface area (Å²) in [6.45, 7) is 5.38. The molecule has 1 heterocycles. The van der Waals surface area contributed by atoms with E-state index >= 15 is 0 Å². The number of amides is 1. The zero-order valence-electron chi connectivity index (χ0n) is 18.9. The predicted octanol–water partition coefficient (Wildman–Crippen LogP) is 4.23. The Hall–Kier alpha value is -2.70. The minimum atomic E-state index is -0.670. The van der Waals surface area contributed by atoms with E-state index in [2.05, 4.69) is 5.32 Å². The van der Waals surface area contributed by atoms with Crippen LogP contribution in [0.2, 0.25) is 0 Å². The molecule has 1 fully saturated rings. The summed E-state index contributed by atoms with van der Waals surface area (Å²) in [5, 5.41) is 2.89. The van der Waals surface area contributed by atoms with Crippen LogP contribution in [0.4, 0.5) is 0 Å². The summed E-state index contributed by atoms with van der Waals surface area (Å²) in [5.74, 6) is -0.699. The van der Waals surface area contributed by atoms with Gasteiger partial charge in [-0.3, -0.25) is 9.59 Å². The SMILES string of the molecule is CC[C@@H](C)[C@@H]1C(=O)O[C@H]1C(=O)NCCCC(OCc1ccccc1)OCc1ccccc1. The Bertz CT molecular complexity index is 798. The number of hydrogen-bond donors (Lipinski definition) is 1. The Morgan fingerprint density at radius 3 is 2.06 bits per heavy atom. The molecule has 32 heavy (non-hydrogen) atoms. The van der Waals surface area contributed by atoms with Crippen LogP contribution in [-0.2, 0) is 37.0 Å². The van der Waals surface area contributed by atoms with Crippen molar-refractivity contribution in [3.05, 3.63) is 71.8 Å². The zero-order chi connectivity index (χ0) is 22.8. The summed E-state index contributed by atoms with van der Waals surface area (Å²) >= 11 is 0. The lowest BCUT2D eigenvalue weighted by atomic mass is 9.83. The Labute approximate surface area is 190 Å². The molecular weight excluding hydrogens is 406 g/mol. The van der Waals surface area contributed by atoms with Gasteiger partial charge in [0.15, 0.2) is 12.4 Å². The van der Waals surface area contributed by atoms with Gasteiger partial charge in [-0.25, -0.2) is 0 Å². The number of nitrogens with one attached hydrogen (secondary N) is 1. The zero-order valence-corrected chi connectivity index (χ0v) is 18.9. The Kier molecular flexibility index (Phi) is 9.26. The van der Waals surface area contributed by atoms with Crippen LogP contribution < -0.4 is 5.32 Å². The maximum absolute atomic E-state index is 12.4. The maximum Gasteiger partial charge on any atom is 0.314 e. The summed E-state index contributed by atoms with van der Waals surface area (Å²) in [7, 11) is 0. The molecular formula is C26H33NO5. The number of ether oxygens (including phenoxy) is 3. The fourth-order valence-corrected chi connectivity index (χ4v) is 3.65. The topological polar surface area (TPSA) is 73.9 Å². The smallest absolute Gasteiger partial charge is 0.314 e. The molecule has 1 amide bonds. The summed E-state index contributed by atoms with van der Waals surface area (Å²) in [6.07, 6.45) is 1.11. The Balaban J connectivity index is 1.45. The van der Waals surface area contributed by atoms with E-state index in [0.29, 0.717) is 32.6 Å². The number of cyclic esters (lactones) is 1. The molecule has 0 bridgehead atoms. The first-order chi connectivity index (χ1) is 15.6. The molecule has 0 aliphatic carbocycles. The molecule has 1 saturated heterocycles. The summed E-state index contributed by atoms with van der Waals surface area (Å²) < 4.78 is 17.1. The first kappa shape index (κ1) is 24.0. The average Bonchev–Trinajstić information content (AvgIpc) is 2.82. The van der Waals surface area contributed by atoms with Crippen LogP contribution in [0.25, 0.3) is 0 Å². The molecule has 3 atom stereocenters. The molecule has 1 aliphatic rings. The minimum Gasteiger partial charge on any atom is -0.451 e. The van der Waals surface area contributed by atoms with Crippen LogP contribution in [0, 0.1) is 11.8 Å². The molecule has 0 saturated carbocycles. The number of rotatable bonds is 13. The molecule has 1 N–H and O–H groups in total. The maximum atomic E-state index is 12.4. The second-order valence-corrected chi connectivity index (χ2v) is 8.22. The van der Waals surface area contributed by atoms with Crippen LogP contribution >= 0.6 is 0 Å². The van der Waals surface area contributed by atoms with E-state index in [-0.39, 0.29) is 30.0 Å². The van der Waals surface area contributed by atoms with Crippen molar-refractivity contribution in [2.24, 2.45) is 11.8 Å². The molecule has 1 aliphatic heterocycles. The highest BCUT2D eigenvalue weighted by Crippen LogP contribution is 2.31. The molecule has 2 aromatic rings. The van der Waals surface area contributed by atoms with E-state index < -0.39 is 6.10 Å². The molecule has 172 valence electrons. The van der Waals surface area contributed by atoms with Crippen LogP contribution in [0.1, 0.15) is 44.2 Å². The molecule has 0 radical (unpaired) electrons. The van der Waals surface area contributed by atoms with Gasteiger partial charge in [-0.15, -0.1) is 0 Å². The van der Waals surface area contributed by atoms with Gasteiger partial charge >= 0.3 is 5.97 Å². The molecule has 6 nitrogen and oxygen atoms in total. The summed E-state index contributed by atoms with van der Waals surface area (Å²) in [4.78, 5) is 24.1.